The summed E-state index contributed by atoms with van der Waals surface area (Å²) in [6.45, 7) is 19.4. The Bertz CT molecular complexity index is 4540. The van der Waals surface area contributed by atoms with Crippen molar-refractivity contribution in [3.8, 4) is 5.75 Å². The van der Waals surface area contributed by atoms with Crippen molar-refractivity contribution >= 4 is 97.9 Å². The number of carbonyl (C=O) groups is 12. The number of nitrogens with one attached hydrogen (secondary N) is 4. The van der Waals surface area contributed by atoms with Gasteiger partial charge < -0.3 is 70.4 Å². The Morgan fingerprint density at radius 2 is 1.51 bits per heavy atom. The zero-order valence-electron chi connectivity index (χ0n) is 71.4. The van der Waals surface area contributed by atoms with Crippen LogP contribution in [0.4, 0.5) is 5.69 Å². The number of pyridine rings is 1. The SMILES string of the molecule is CCN(CC)CCS(=O)(=O)[C@@H]1CCC2C(=O)C3=CCC(=C3)CC(=O)C[C@H](O)/C=C(C)/C=C/CNC(=O)/C=C/[C@@H](C)[C@@H](C(C)C)OC(=O)C21.CC[C@H]1NC(=O)[C@@H](NC(=O)c2ncccc2O)[C@@H](C)OC(=O)[C@H](c2ccccc2)NC(=O)[C@@H]2CC(=O)[C@H](CS[C@@H]3CN4CCC3CC4)CN2C(=O)[C@H](Cc2ccc(N(C)C)cc2)N(C)C(=O)[C@@H]2CCCN2C1=O. The van der Waals surface area contributed by atoms with E-state index < -0.39 is 146 Å². The van der Waals surface area contributed by atoms with Gasteiger partial charge in [0.2, 0.25) is 35.4 Å². The Kier molecular flexibility index (Phi) is 33.2. The van der Waals surface area contributed by atoms with Gasteiger partial charge in [0.25, 0.3) is 5.91 Å². The number of thioether (sulfide) groups is 1. The number of sulfone groups is 1. The van der Waals surface area contributed by atoms with E-state index in [-0.39, 0.29) is 117 Å². The lowest BCUT2D eigenvalue weighted by atomic mass is 9.87. The first kappa shape index (κ1) is 93.6. The fourth-order valence-electron chi connectivity index (χ4n) is 17.6. The molecule has 7 aliphatic heterocycles. The number of ether oxygens (including phenoxy) is 2. The van der Waals surface area contributed by atoms with Crippen molar-refractivity contribution in [2.24, 2.45) is 35.5 Å². The smallest absolute Gasteiger partial charge is 0.333 e. The minimum atomic E-state index is -3.78. The molecule has 31 heteroatoms. The average Bonchev–Trinajstić information content (AvgIpc) is 1.69. The number of amides is 7. The second-order valence-corrected chi connectivity index (χ2v) is 37.3. The van der Waals surface area contributed by atoms with E-state index in [2.05, 4.69) is 31.2 Å². The Labute approximate surface area is 714 Å². The predicted molar refractivity (Wildman–Crippen MR) is 459 cm³/mol. The van der Waals surface area contributed by atoms with Crippen molar-refractivity contribution in [1.82, 2.24) is 50.8 Å². The number of anilines is 1. The number of cyclic esters (lactones) is 2. The number of likely N-dealkylation sites (N-methyl/N-ethyl adjacent to an activating group) is 1. The summed E-state index contributed by atoms with van der Waals surface area (Å²) in [6.07, 6.45) is 13.0. The topological polar surface area (TPSA) is 378 Å². The summed E-state index contributed by atoms with van der Waals surface area (Å²) in [5.74, 6) is -10.1. The van der Waals surface area contributed by atoms with Gasteiger partial charge >= 0.3 is 11.9 Å². The summed E-state index contributed by atoms with van der Waals surface area (Å²) in [7, 11) is 1.55. The molecule has 0 radical (unpaired) electrons. The highest BCUT2D eigenvalue weighted by molar-refractivity contribution is 8.00. The highest BCUT2D eigenvalue weighted by Gasteiger charge is 2.53. The number of rotatable bonds is 17. The van der Waals surface area contributed by atoms with Crippen LogP contribution >= 0.6 is 11.8 Å². The quantitative estimate of drug-likeness (QED) is 0.0797. The van der Waals surface area contributed by atoms with Crippen LogP contribution < -0.4 is 26.2 Å². The number of benzene rings is 2. The van der Waals surface area contributed by atoms with Crippen molar-refractivity contribution in [2.45, 2.75) is 198 Å². The third-order valence-corrected chi connectivity index (χ3v) is 28.5. The number of fused-ring (bicyclic) bond motifs is 7. The van der Waals surface area contributed by atoms with E-state index in [1.807, 2.05) is 82.8 Å². The first-order chi connectivity index (χ1) is 57.7. The standard InChI is InChI=1S/C53H67N9O10S.C37H54N2O8S/c1-6-37-50(68)61-23-11-14-38(61)51(69)59(5)40(26-32-16-18-36(19-17-32)58(3)4)52(70)62-28-35(30-73-43-29-60-24-20-33(43)21-25-60)42(64)27-39(62)47(65)57-45(34-12-8-7-9-13-34)53(71)72-31(2)44(48(66)55-37)56-49(67)46-41(63)15-10-22-54-46;1-7-39(8-2)18-19-48(45,46)32-15-14-31-34(32)37(44)47-36(24(3)4)26(6)11-16-33(42)38-17-9-10-25(5)20-29(40)23-30(41)22-27-12-13-28(21-27)35(31)43/h7-10,12-13,15-19,22,31,33,35,37-40,43-45,63H,6,11,14,20-21,23-30H2,1-5H3,(H,55,66)(H,56,67)(H,57,65);9-11,13,16,20-21,24,26,29,31-32,34,36,40H,7-8,12,14-15,17-19,22-23H2,1-6H3,(H,38,42)/b;10-9+,16-11+,25-20+/t31-,35+,37-,38+,39+,40+,43-,44+,45+;26-,29-,31?,32-,34?,36-/m11/s1. The van der Waals surface area contributed by atoms with Gasteiger partial charge in [-0.2, -0.15) is 11.8 Å². The lowest BCUT2D eigenvalue weighted by Gasteiger charge is -2.45. The number of aromatic nitrogens is 1. The number of allylic oxidation sites excluding steroid dienone is 6. The van der Waals surface area contributed by atoms with Crippen LogP contribution in [0.15, 0.2) is 132 Å². The van der Waals surface area contributed by atoms with E-state index >= 15 is 14.4 Å². The summed E-state index contributed by atoms with van der Waals surface area (Å²) >= 11 is 1.73. The third kappa shape index (κ3) is 24.0. The first-order valence-corrected chi connectivity index (χ1v) is 45.4. The number of hydrogen-bond donors (Lipinski definition) is 6. The van der Waals surface area contributed by atoms with Crippen LogP contribution in [-0.2, 0) is 78.5 Å². The van der Waals surface area contributed by atoms with Gasteiger partial charge in [-0.15, -0.1) is 0 Å². The molecule has 1 aromatic heterocycles. The van der Waals surface area contributed by atoms with E-state index in [0.717, 1.165) is 54.9 Å². The highest BCUT2D eigenvalue weighted by atomic mass is 32.2. The fourth-order valence-corrected chi connectivity index (χ4v) is 21.3. The van der Waals surface area contributed by atoms with Crippen LogP contribution in [0.25, 0.3) is 0 Å². The van der Waals surface area contributed by atoms with E-state index in [1.54, 1.807) is 92.4 Å². The number of nitrogens with zero attached hydrogens (tertiary/aromatic N) is 7. The molecule has 4 bridgehead atoms. The Morgan fingerprint density at radius 3 is 2.17 bits per heavy atom. The molecule has 7 fully saturated rings. The van der Waals surface area contributed by atoms with E-state index in [1.165, 1.54) is 53.1 Å². The molecular weight excluding hydrogens is 1590 g/mol. The van der Waals surface area contributed by atoms with Crippen molar-refractivity contribution in [1.29, 1.82) is 0 Å². The summed E-state index contributed by atoms with van der Waals surface area (Å²) in [4.78, 5) is 185. The van der Waals surface area contributed by atoms with Crippen LogP contribution in [0.1, 0.15) is 154 Å². The number of aliphatic hydroxyl groups excluding tert-OH is 1. The molecule has 0 spiro atoms. The zero-order chi connectivity index (χ0) is 87.7. The van der Waals surface area contributed by atoms with E-state index in [4.69, 9.17) is 9.47 Å². The maximum Gasteiger partial charge on any atom is 0.333 e. The molecule has 1 saturated carbocycles. The Balaban J connectivity index is 0.000000278. The summed E-state index contributed by atoms with van der Waals surface area (Å²) in [5, 5.41) is 31.0. The molecule has 2 unspecified atom stereocenters. The van der Waals surface area contributed by atoms with Gasteiger partial charge in [0.15, 0.2) is 27.4 Å². The molecule has 121 heavy (non-hydrogen) atoms. The van der Waals surface area contributed by atoms with Gasteiger partial charge in [-0.25, -0.2) is 18.2 Å². The lowest BCUT2D eigenvalue weighted by molar-refractivity contribution is -0.160. The molecule has 15 atom stereocenters. The number of ketones is 3. The molecule has 6 saturated heterocycles. The molecule has 12 rings (SSSR count). The van der Waals surface area contributed by atoms with Crippen LogP contribution in [-0.4, -0.2) is 269 Å². The summed E-state index contributed by atoms with van der Waals surface area (Å²) in [5.41, 5.74) is 3.32. The van der Waals surface area contributed by atoms with Gasteiger partial charge in [0.05, 0.1) is 23.0 Å². The number of esters is 2. The monoisotopic (exact) mass is 1710 g/mol. The predicted octanol–water partition coefficient (Wildman–Crippen LogP) is 6.39. The molecule has 2 aliphatic carbocycles. The van der Waals surface area contributed by atoms with Crippen LogP contribution in [0.2, 0.25) is 0 Å². The molecule has 3 aromatic rings. The molecule has 29 nitrogen and oxygen atoms in total. The van der Waals surface area contributed by atoms with E-state index in [9.17, 15) is 61.8 Å². The molecule has 7 amide bonds. The van der Waals surface area contributed by atoms with Gasteiger partial charge in [0, 0.05) is 126 Å². The number of Topliss-reactive ketones (excluding diaryl/α,β-unsaturated/α-hetero) is 3. The number of aromatic hydroxyl groups is 1. The van der Waals surface area contributed by atoms with Crippen molar-refractivity contribution < 1.29 is 85.6 Å². The van der Waals surface area contributed by atoms with Crippen molar-refractivity contribution in [3.63, 3.8) is 0 Å². The van der Waals surface area contributed by atoms with E-state index in [0.29, 0.717) is 55.0 Å². The van der Waals surface area contributed by atoms with Crippen molar-refractivity contribution in [3.05, 3.63) is 149 Å². The van der Waals surface area contributed by atoms with Crippen LogP contribution in [0.5, 0.6) is 5.75 Å². The number of hydrogen-bond acceptors (Lipinski definition) is 23. The molecular formula is C90H121N11O18S2. The molecule has 2 aromatic carbocycles. The Hall–Kier alpha value is -9.69. The highest BCUT2D eigenvalue weighted by Crippen LogP contribution is 2.43. The largest absolute Gasteiger partial charge is 0.505 e. The second-order valence-electron chi connectivity index (χ2n) is 33.7. The maximum atomic E-state index is 15.7. The molecule has 6 N–H and O–H groups in total. The minimum Gasteiger partial charge on any atom is -0.505 e. The van der Waals surface area contributed by atoms with Gasteiger partial charge in [0.1, 0.15) is 59.7 Å². The summed E-state index contributed by atoms with van der Waals surface area (Å²) < 4.78 is 39.7. The Morgan fingerprint density at radius 1 is 0.793 bits per heavy atom. The molecule has 9 aliphatic rings. The molecule has 656 valence electrons. The van der Waals surface area contributed by atoms with Crippen LogP contribution in [0, 0.1) is 35.5 Å². The zero-order valence-corrected chi connectivity index (χ0v) is 73.1. The number of aliphatic hydroxyl groups is 1. The molecule has 8 heterocycles. The first-order valence-electron chi connectivity index (χ1n) is 42.6. The van der Waals surface area contributed by atoms with Gasteiger partial charge in [-0.3, -0.25) is 52.7 Å². The number of carbonyl (C=O) groups excluding carboxylic acids is 12. The van der Waals surface area contributed by atoms with Crippen LogP contribution in [0.3, 0.4) is 0 Å². The normalized spacial score (nSPS) is 30.1. The second kappa shape index (κ2) is 42.9. The number of piperidine rings is 4. The maximum absolute atomic E-state index is 15.7. The fraction of sp³-hybridized carbons (Fsp3) is 0.567. The van der Waals surface area contributed by atoms with Gasteiger partial charge in [-0.05, 0) is 145 Å². The van der Waals surface area contributed by atoms with Gasteiger partial charge in [-0.1, -0.05) is 132 Å². The third-order valence-electron chi connectivity index (χ3n) is 24.7. The van der Waals surface area contributed by atoms with Crippen molar-refractivity contribution in [2.75, 3.05) is 96.5 Å². The summed E-state index contributed by atoms with van der Waals surface area (Å²) in [6, 6.07) is 10.3. The average molecular weight is 1710 g/mol. The minimum absolute atomic E-state index is 0.0289. The lowest BCUT2D eigenvalue weighted by Crippen LogP contribution is -2.63.